The summed E-state index contributed by atoms with van der Waals surface area (Å²) in [7, 11) is 4.22. The molecule has 3 aliphatic rings. The number of aromatic nitrogens is 4. The van der Waals surface area contributed by atoms with E-state index < -0.39 is 24.3 Å². The monoisotopic (exact) mass is 896 g/mol. The van der Waals surface area contributed by atoms with E-state index in [1.54, 1.807) is 18.2 Å². The largest absolute Gasteiger partial charge is 0.488 e. The molecule has 6 aromatic rings. The van der Waals surface area contributed by atoms with Crippen LogP contribution in [-0.4, -0.2) is 100 Å². The number of likely N-dealkylation sites (tertiary alicyclic amines) is 2. The first-order valence-electron chi connectivity index (χ1n) is 22.5. The van der Waals surface area contributed by atoms with Crippen molar-refractivity contribution in [3.63, 3.8) is 0 Å². The van der Waals surface area contributed by atoms with Crippen LogP contribution in [0.2, 0.25) is 0 Å². The van der Waals surface area contributed by atoms with Crippen molar-refractivity contribution in [2.75, 3.05) is 34.5 Å². The molecule has 2 saturated heterocycles. The molecule has 344 valence electrons. The highest BCUT2D eigenvalue weighted by Crippen LogP contribution is 2.45. The van der Waals surface area contributed by atoms with Crippen molar-refractivity contribution < 1.29 is 38.1 Å². The van der Waals surface area contributed by atoms with Gasteiger partial charge in [-0.1, -0.05) is 69.3 Å². The molecule has 7 atom stereocenters. The number of ether oxygens (including phenoxy) is 4. The standard InChI is InChI=1S/C50H56N8O8/c1-26(2)42(55-49(61)64-6)48(60)58-28(4)27(3)17-40(58)46-52-37-16-14-31-20-36-34-15-13-32(19-33(34)25-66-41(36)21-35(31)44(37)54-46)38-22-51-45(53-38)39-18-29(24-63-5)23-57(39)47(59)43(56-50(62)65-7)30-11-9-8-10-12-30/h8-16,19-22,26-29,39-40,42-43H,17-18,23-25H2,1-7H3,(H,51,53)(H,52,54)(H,55,61)(H,56,62)/t27-,28-,29+,39+,40+,42+,43-/m1/s1. The number of carbonyl (C=O) groups is 4. The molecule has 4 amide bonds. The Hall–Kier alpha value is -6.94. The highest BCUT2D eigenvalue weighted by Gasteiger charge is 2.45. The van der Waals surface area contributed by atoms with E-state index in [1.165, 1.54) is 14.2 Å². The smallest absolute Gasteiger partial charge is 0.407 e. The Morgan fingerprint density at radius 2 is 1.62 bits per heavy atom. The molecule has 16 heteroatoms. The van der Waals surface area contributed by atoms with Crippen molar-refractivity contribution in [2.24, 2.45) is 17.8 Å². The van der Waals surface area contributed by atoms with Gasteiger partial charge in [-0.2, -0.15) is 0 Å². The number of alkyl carbamates (subject to hydrolysis) is 2. The van der Waals surface area contributed by atoms with Crippen molar-refractivity contribution >= 4 is 45.8 Å². The van der Waals surface area contributed by atoms with Gasteiger partial charge in [0.1, 0.15) is 36.1 Å². The quantitative estimate of drug-likeness (QED) is 0.0991. The third kappa shape index (κ3) is 8.18. The molecule has 4 N–H and O–H groups in total. The molecule has 4 aromatic carbocycles. The van der Waals surface area contributed by atoms with E-state index in [2.05, 4.69) is 70.8 Å². The number of carbonyl (C=O) groups excluding carboxylic acids is 4. The predicted octanol–water partition coefficient (Wildman–Crippen LogP) is 7.98. The van der Waals surface area contributed by atoms with Crippen molar-refractivity contribution in [3.8, 4) is 28.1 Å². The molecule has 0 radical (unpaired) electrons. The summed E-state index contributed by atoms with van der Waals surface area (Å²) in [5, 5.41) is 7.46. The number of H-pyrrole nitrogens is 2. The van der Waals surface area contributed by atoms with E-state index in [1.807, 2.05) is 55.1 Å². The number of nitrogens with one attached hydrogen (secondary N) is 4. The molecule has 0 spiro atoms. The van der Waals surface area contributed by atoms with Crippen LogP contribution in [0.15, 0.2) is 79.0 Å². The first-order chi connectivity index (χ1) is 31.9. The maximum absolute atomic E-state index is 14.3. The normalized spacial score (nSPS) is 21.0. The minimum atomic E-state index is -0.949. The zero-order chi connectivity index (χ0) is 46.4. The number of fused-ring (bicyclic) bond motifs is 6. The van der Waals surface area contributed by atoms with Crippen molar-refractivity contribution in [2.45, 2.75) is 77.4 Å². The SMILES string of the molecule is COC[C@H]1C[C@@H](c2ncc(-c3ccc4c(c3)COc3cc5c(ccc6nc([C@@H]7C[C@@H](C)[C@@H](C)N7C(=O)[C@@H](NC(=O)OC)C(C)C)[nH]c65)cc3-4)[nH]2)N(C(=O)[C@H](NC(=O)OC)c2ccccc2)C1. The molecule has 0 unspecified atom stereocenters. The van der Waals surface area contributed by atoms with Crippen LogP contribution >= 0.6 is 0 Å². The number of nitrogens with zero attached hydrogens (tertiary/aromatic N) is 4. The minimum Gasteiger partial charge on any atom is -0.488 e. The van der Waals surface area contributed by atoms with Gasteiger partial charge in [0.05, 0.1) is 55.8 Å². The van der Waals surface area contributed by atoms with E-state index >= 15 is 0 Å². The Morgan fingerprint density at radius 3 is 2.36 bits per heavy atom. The summed E-state index contributed by atoms with van der Waals surface area (Å²) >= 11 is 0. The molecule has 3 aliphatic heterocycles. The van der Waals surface area contributed by atoms with Gasteiger partial charge in [-0.3, -0.25) is 9.59 Å². The van der Waals surface area contributed by atoms with Gasteiger partial charge in [0.15, 0.2) is 0 Å². The van der Waals surface area contributed by atoms with Crippen LogP contribution in [-0.2, 0) is 30.4 Å². The van der Waals surface area contributed by atoms with Crippen LogP contribution < -0.4 is 15.4 Å². The fourth-order valence-electron chi connectivity index (χ4n) is 10.0. The second kappa shape index (κ2) is 18.1. The second-order valence-electron chi connectivity index (χ2n) is 18.1. The first-order valence-corrected chi connectivity index (χ1v) is 22.5. The lowest BCUT2D eigenvalue weighted by Crippen LogP contribution is -2.53. The molecule has 5 heterocycles. The highest BCUT2D eigenvalue weighted by atomic mass is 16.5. The van der Waals surface area contributed by atoms with Gasteiger partial charge in [0, 0.05) is 36.6 Å². The summed E-state index contributed by atoms with van der Waals surface area (Å²) in [6.45, 7) is 9.28. The summed E-state index contributed by atoms with van der Waals surface area (Å²) in [5.74, 6) is 1.82. The van der Waals surface area contributed by atoms with Crippen LogP contribution in [0.3, 0.4) is 0 Å². The zero-order valence-electron chi connectivity index (χ0n) is 38.2. The number of hydrogen-bond donors (Lipinski definition) is 4. The molecular formula is C50H56N8O8. The molecule has 9 rings (SSSR count). The molecular weight excluding hydrogens is 841 g/mol. The molecule has 16 nitrogen and oxygen atoms in total. The lowest BCUT2D eigenvalue weighted by Gasteiger charge is -2.33. The lowest BCUT2D eigenvalue weighted by atomic mass is 9.92. The van der Waals surface area contributed by atoms with Crippen LogP contribution in [0.25, 0.3) is 44.2 Å². The van der Waals surface area contributed by atoms with Crippen LogP contribution in [0.1, 0.15) is 81.4 Å². The summed E-state index contributed by atoms with van der Waals surface area (Å²) in [4.78, 5) is 73.8. The van der Waals surface area contributed by atoms with E-state index in [9.17, 15) is 19.2 Å². The van der Waals surface area contributed by atoms with Gasteiger partial charge in [-0.05, 0) is 83.5 Å². The van der Waals surface area contributed by atoms with Crippen molar-refractivity contribution in [1.29, 1.82) is 0 Å². The average Bonchev–Trinajstić information content (AvgIpc) is 4.14. The number of hydrogen-bond acceptors (Lipinski definition) is 10. The third-order valence-corrected chi connectivity index (χ3v) is 13.6. The van der Waals surface area contributed by atoms with E-state index in [-0.39, 0.29) is 47.7 Å². The van der Waals surface area contributed by atoms with Gasteiger partial charge in [-0.25, -0.2) is 19.6 Å². The Kier molecular flexibility index (Phi) is 12.2. The fourth-order valence-corrected chi connectivity index (χ4v) is 10.0. The van der Waals surface area contributed by atoms with E-state index in [0.29, 0.717) is 43.4 Å². The maximum atomic E-state index is 14.3. The molecule has 0 aliphatic carbocycles. The van der Waals surface area contributed by atoms with E-state index in [4.69, 9.17) is 28.9 Å². The molecule has 0 bridgehead atoms. The molecule has 66 heavy (non-hydrogen) atoms. The Balaban J connectivity index is 0.981. The summed E-state index contributed by atoms with van der Waals surface area (Å²) < 4.78 is 21.7. The number of benzene rings is 4. The maximum Gasteiger partial charge on any atom is 0.407 e. The van der Waals surface area contributed by atoms with Crippen LogP contribution in [0.4, 0.5) is 9.59 Å². The molecule has 0 saturated carbocycles. The first kappa shape index (κ1) is 44.3. The fraction of sp³-hybridized carbons (Fsp3) is 0.400. The van der Waals surface area contributed by atoms with Gasteiger partial charge in [0.2, 0.25) is 5.91 Å². The number of aromatic amines is 2. The Bertz CT molecular complexity index is 2810. The van der Waals surface area contributed by atoms with Gasteiger partial charge < -0.3 is 49.3 Å². The number of rotatable bonds is 11. The number of methoxy groups -OCH3 is 3. The third-order valence-electron chi connectivity index (χ3n) is 13.6. The minimum absolute atomic E-state index is 0.0666. The van der Waals surface area contributed by atoms with Gasteiger partial charge in [-0.15, -0.1) is 0 Å². The topological polar surface area (TPSA) is 193 Å². The zero-order valence-corrected chi connectivity index (χ0v) is 38.2. The average molecular weight is 897 g/mol. The summed E-state index contributed by atoms with van der Waals surface area (Å²) in [6.07, 6.45) is 1.82. The van der Waals surface area contributed by atoms with Gasteiger partial charge >= 0.3 is 12.2 Å². The van der Waals surface area contributed by atoms with Crippen molar-refractivity contribution in [1.82, 2.24) is 40.4 Å². The highest BCUT2D eigenvalue weighted by molar-refractivity contribution is 6.07. The van der Waals surface area contributed by atoms with Gasteiger partial charge in [0.25, 0.3) is 5.91 Å². The lowest BCUT2D eigenvalue weighted by molar-refractivity contribution is -0.137. The second-order valence-corrected chi connectivity index (χ2v) is 18.1. The predicted molar refractivity (Wildman–Crippen MR) is 247 cm³/mol. The molecule has 2 fully saturated rings. The Morgan fingerprint density at radius 1 is 0.848 bits per heavy atom. The van der Waals surface area contributed by atoms with Crippen molar-refractivity contribution in [3.05, 3.63) is 102 Å². The number of imidazole rings is 2. The summed E-state index contributed by atoms with van der Waals surface area (Å²) in [5.41, 5.74) is 7.09. The Labute approximate surface area is 382 Å². The molecule has 2 aromatic heterocycles. The summed E-state index contributed by atoms with van der Waals surface area (Å²) in [6, 6.07) is 21.3. The van der Waals surface area contributed by atoms with Crippen LogP contribution in [0, 0.1) is 17.8 Å². The van der Waals surface area contributed by atoms with Crippen LogP contribution in [0.5, 0.6) is 5.75 Å². The number of amides is 4. The van der Waals surface area contributed by atoms with E-state index in [0.717, 1.165) is 61.9 Å².